The van der Waals surface area contributed by atoms with Crippen molar-refractivity contribution < 1.29 is 8.42 Å². The van der Waals surface area contributed by atoms with Gasteiger partial charge in [0.15, 0.2) is 16.5 Å². The molecule has 0 atom stereocenters. The molecule has 9 heteroatoms. The van der Waals surface area contributed by atoms with E-state index in [-0.39, 0.29) is 11.6 Å². The molecule has 0 bridgehead atoms. The molecule has 3 aromatic rings. The third kappa shape index (κ3) is 2.65. The van der Waals surface area contributed by atoms with E-state index in [0.717, 1.165) is 0 Å². The summed E-state index contributed by atoms with van der Waals surface area (Å²) < 4.78 is 28.5. The fourth-order valence-electron chi connectivity index (χ4n) is 1.91. The van der Waals surface area contributed by atoms with Crippen LogP contribution in [0.25, 0.3) is 5.65 Å². The molecule has 21 heavy (non-hydrogen) atoms. The van der Waals surface area contributed by atoms with Gasteiger partial charge in [-0.05, 0) is 12.1 Å². The van der Waals surface area contributed by atoms with E-state index in [9.17, 15) is 8.42 Å². The van der Waals surface area contributed by atoms with Crippen molar-refractivity contribution in [1.82, 2.24) is 29.3 Å². The van der Waals surface area contributed by atoms with Crippen LogP contribution < -0.4 is 4.72 Å². The normalized spacial score (nSPS) is 12.0. The first kappa shape index (κ1) is 13.7. The van der Waals surface area contributed by atoms with Gasteiger partial charge >= 0.3 is 0 Å². The van der Waals surface area contributed by atoms with E-state index in [1.54, 1.807) is 16.7 Å². The Morgan fingerprint density at radius 3 is 2.95 bits per heavy atom. The third-order valence-corrected chi connectivity index (χ3v) is 4.35. The van der Waals surface area contributed by atoms with E-state index in [0.29, 0.717) is 23.7 Å². The topological polar surface area (TPSA) is 105 Å². The maximum absolute atomic E-state index is 12.2. The van der Waals surface area contributed by atoms with Crippen molar-refractivity contribution in [2.45, 2.75) is 24.9 Å². The third-order valence-electron chi connectivity index (χ3n) is 3.03. The Bertz CT molecular complexity index is 867. The molecule has 0 unspecified atom stereocenters. The van der Waals surface area contributed by atoms with Crippen LogP contribution in [-0.4, -0.2) is 33.0 Å². The minimum atomic E-state index is -3.64. The number of hydrogen-bond donors (Lipinski definition) is 2. The molecule has 0 saturated carbocycles. The van der Waals surface area contributed by atoms with Gasteiger partial charge in [0.25, 0.3) is 10.0 Å². The summed E-state index contributed by atoms with van der Waals surface area (Å²) in [5.41, 5.74) is 0.668. The van der Waals surface area contributed by atoms with Crippen LogP contribution in [-0.2, 0) is 23.0 Å². The molecular weight excluding hydrogens is 292 g/mol. The summed E-state index contributed by atoms with van der Waals surface area (Å²) in [5.74, 6) is 1.15. The second-order valence-corrected chi connectivity index (χ2v) is 6.15. The second-order valence-electron chi connectivity index (χ2n) is 4.42. The monoisotopic (exact) mass is 306 g/mol. The summed E-state index contributed by atoms with van der Waals surface area (Å²) >= 11 is 0. The molecule has 8 nitrogen and oxygen atoms in total. The predicted molar refractivity (Wildman–Crippen MR) is 75.0 cm³/mol. The molecule has 0 aliphatic rings. The van der Waals surface area contributed by atoms with Crippen molar-refractivity contribution in [2.24, 2.45) is 0 Å². The van der Waals surface area contributed by atoms with E-state index in [4.69, 9.17) is 0 Å². The maximum Gasteiger partial charge on any atom is 0.258 e. The van der Waals surface area contributed by atoms with Crippen molar-refractivity contribution in [1.29, 1.82) is 0 Å². The van der Waals surface area contributed by atoms with Crippen LogP contribution in [0, 0.1) is 0 Å². The summed E-state index contributed by atoms with van der Waals surface area (Å²) in [7, 11) is -3.64. The molecule has 3 aromatic heterocycles. The van der Waals surface area contributed by atoms with Crippen molar-refractivity contribution in [3.8, 4) is 0 Å². The Labute approximate surface area is 121 Å². The second kappa shape index (κ2) is 5.26. The highest BCUT2D eigenvalue weighted by Gasteiger charge is 2.18. The SMILES string of the molecule is CCc1ncc(S(=O)(=O)NCc2nnc3ccccn23)[nH]1. The first-order valence-electron chi connectivity index (χ1n) is 6.42. The maximum atomic E-state index is 12.2. The minimum absolute atomic E-state index is 0.0492. The Kier molecular flexibility index (Phi) is 3.43. The number of imidazole rings is 1. The van der Waals surface area contributed by atoms with Gasteiger partial charge in [-0.25, -0.2) is 18.1 Å². The highest BCUT2D eigenvalue weighted by Crippen LogP contribution is 2.08. The molecule has 0 amide bonds. The summed E-state index contributed by atoms with van der Waals surface area (Å²) in [4.78, 5) is 6.75. The van der Waals surface area contributed by atoms with Crippen LogP contribution in [0.3, 0.4) is 0 Å². The van der Waals surface area contributed by atoms with Crippen molar-refractivity contribution >= 4 is 15.7 Å². The van der Waals surface area contributed by atoms with Gasteiger partial charge in [0.1, 0.15) is 5.82 Å². The number of H-pyrrole nitrogens is 1. The highest BCUT2D eigenvalue weighted by atomic mass is 32.2. The van der Waals surface area contributed by atoms with Gasteiger partial charge in [-0.15, -0.1) is 10.2 Å². The van der Waals surface area contributed by atoms with E-state index in [1.807, 2.05) is 19.1 Å². The zero-order chi connectivity index (χ0) is 14.9. The number of fused-ring (bicyclic) bond motifs is 1. The Morgan fingerprint density at radius 2 is 2.19 bits per heavy atom. The molecule has 0 radical (unpaired) electrons. The molecule has 0 aliphatic heterocycles. The van der Waals surface area contributed by atoms with Crippen molar-refractivity contribution in [3.05, 3.63) is 42.2 Å². The average Bonchev–Trinajstić information content (AvgIpc) is 3.12. The fourth-order valence-corrected chi connectivity index (χ4v) is 2.83. The quantitative estimate of drug-likeness (QED) is 0.714. The van der Waals surface area contributed by atoms with Crippen LogP contribution in [0.2, 0.25) is 0 Å². The van der Waals surface area contributed by atoms with Gasteiger partial charge in [-0.2, -0.15) is 0 Å². The largest absolute Gasteiger partial charge is 0.332 e. The number of aromatic nitrogens is 5. The van der Waals surface area contributed by atoms with Crippen LogP contribution >= 0.6 is 0 Å². The zero-order valence-electron chi connectivity index (χ0n) is 11.3. The molecule has 110 valence electrons. The van der Waals surface area contributed by atoms with E-state index in [2.05, 4.69) is 24.9 Å². The summed E-state index contributed by atoms with van der Waals surface area (Å²) in [6, 6.07) is 5.47. The van der Waals surface area contributed by atoms with Crippen LogP contribution in [0.5, 0.6) is 0 Å². The van der Waals surface area contributed by atoms with E-state index in [1.165, 1.54) is 6.20 Å². The highest BCUT2D eigenvalue weighted by molar-refractivity contribution is 7.89. The van der Waals surface area contributed by atoms with Gasteiger partial charge in [0.2, 0.25) is 0 Å². The molecule has 3 rings (SSSR count). The zero-order valence-corrected chi connectivity index (χ0v) is 12.1. The van der Waals surface area contributed by atoms with Gasteiger partial charge in [-0.3, -0.25) is 4.40 Å². The minimum Gasteiger partial charge on any atom is -0.332 e. The lowest BCUT2D eigenvalue weighted by atomic mass is 10.5. The lowest BCUT2D eigenvalue weighted by Gasteiger charge is -2.03. The summed E-state index contributed by atoms with van der Waals surface area (Å²) in [6.45, 7) is 1.94. The molecule has 3 heterocycles. The van der Waals surface area contributed by atoms with E-state index < -0.39 is 10.0 Å². The van der Waals surface area contributed by atoms with Crippen LogP contribution in [0.15, 0.2) is 35.6 Å². The summed E-state index contributed by atoms with van der Waals surface area (Å²) in [5, 5.41) is 7.99. The molecular formula is C12H14N6O2S. The van der Waals surface area contributed by atoms with Crippen LogP contribution in [0.1, 0.15) is 18.6 Å². The number of sulfonamides is 1. The first-order chi connectivity index (χ1) is 10.1. The number of aryl methyl sites for hydroxylation is 1. The van der Waals surface area contributed by atoms with Gasteiger partial charge in [0, 0.05) is 12.6 Å². The Morgan fingerprint density at radius 1 is 1.33 bits per heavy atom. The smallest absolute Gasteiger partial charge is 0.258 e. The number of aromatic amines is 1. The van der Waals surface area contributed by atoms with Gasteiger partial charge in [-0.1, -0.05) is 13.0 Å². The van der Waals surface area contributed by atoms with Gasteiger partial charge in [0.05, 0.1) is 12.7 Å². The van der Waals surface area contributed by atoms with Gasteiger partial charge < -0.3 is 4.98 Å². The Hall–Kier alpha value is -2.26. The lowest BCUT2D eigenvalue weighted by molar-refractivity contribution is 0.575. The first-order valence-corrected chi connectivity index (χ1v) is 7.90. The number of nitrogens with zero attached hydrogens (tertiary/aromatic N) is 4. The van der Waals surface area contributed by atoms with Crippen LogP contribution in [0.4, 0.5) is 0 Å². The molecule has 0 aromatic carbocycles. The molecule has 0 spiro atoms. The molecule has 0 fully saturated rings. The number of rotatable bonds is 5. The van der Waals surface area contributed by atoms with E-state index >= 15 is 0 Å². The van der Waals surface area contributed by atoms with Crippen molar-refractivity contribution in [2.75, 3.05) is 0 Å². The fraction of sp³-hybridized carbons (Fsp3) is 0.250. The standard InChI is InChI=1S/C12H14N6O2S/c1-2-9-13-8-12(15-9)21(19,20)14-7-11-17-16-10-5-3-4-6-18(10)11/h3-6,8,14H,2,7H2,1H3,(H,13,15). The molecule has 0 saturated heterocycles. The number of nitrogens with one attached hydrogen (secondary N) is 2. The van der Waals surface area contributed by atoms with Crippen molar-refractivity contribution in [3.63, 3.8) is 0 Å². The lowest BCUT2D eigenvalue weighted by Crippen LogP contribution is -2.24. The average molecular weight is 306 g/mol. The molecule has 0 aliphatic carbocycles. The number of pyridine rings is 1. The molecule has 2 N–H and O–H groups in total. The summed E-state index contributed by atoms with van der Waals surface area (Å²) in [6.07, 6.45) is 3.73. The Balaban J connectivity index is 1.80. The number of hydrogen-bond acceptors (Lipinski definition) is 5. The predicted octanol–water partition coefficient (Wildman–Crippen LogP) is 0.493.